The van der Waals surface area contributed by atoms with Gasteiger partial charge in [0, 0.05) is 41.9 Å². The third-order valence-corrected chi connectivity index (χ3v) is 6.09. The molecular formula is C29H32N2O4. The molecule has 182 valence electrons. The molecule has 3 N–H and O–H groups in total. The Balaban J connectivity index is 2.06. The molecule has 1 atom stereocenters. The van der Waals surface area contributed by atoms with E-state index in [0.29, 0.717) is 17.9 Å². The second kappa shape index (κ2) is 9.55. The highest BCUT2D eigenvalue weighted by Crippen LogP contribution is 2.44. The number of aliphatic carboxylic acids is 1. The fourth-order valence-electron chi connectivity index (χ4n) is 4.64. The molecule has 4 rings (SSSR count). The number of allylic oxidation sites excluding steroid dienone is 1. The van der Waals surface area contributed by atoms with Crippen LogP contribution in [0.5, 0.6) is 5.75 Å². The van der Waals surface area contributed by atoms with Gasteiger partial charge in [-0.05, 0) is 85.7 Å². The van der Waals surface area contributed by atoms with Crippen molar-refractivity contribution in [2.45, 2.75) is 45.8 Å². The number of carboxylic acids is 1. The summed E-state index contributed by atoms with van der Waals surface area (Å²) in [7, 11) is 1.74. The van der Waals surface area contributed by atoms with Gasteiger partial charge in [-0.3, -0.25) is 4.99 Å². The molecule has 0 saturated carbocycles. The first kappa shape index (κ1) is 24.5. The highest BCUT2D eigenvalue weighted by molar-refractivity contribution is 6.06. The van der Waals surface area contributed by atoms with Crippen molar-refractivity contribution >= 4 is 34.2 Å². The highest BCUT2D eigenvalue weighted by atomic mass is 16.5. The molecule has 6 heteroatoms. The van der Waals surface area contributed by atoms with E-state index in [4.69, 9.17) is 15.2 Å². The molecule has 0 aromatic heterocycles. The first-order valence-electron chi connectivity index (χ1n) is 11.7. The first-order chi connectivity index (χ1) is 16.6. The molecule has 35 heavy (non-hydrogen) atoms. The summed E-state index contributed by atoms with van der Waals surface area (Å²) in [5.41, 5.74) is 11.6. The molecule has 0 amide bonds. The Morgan fingerprint density at radius 3 is 2.66 bits per heavy atom. The lowest BCUT2D eigenvalue weighted by Crippen LogP contribution is -2.28. The van der Waals surface area contributed by atoms with E-state index in [2.05, 4.69) is 11.1 Å². The minimum atomic E-state index is -1.15. The van der Waals surface area contributed by atoms with Crippen LogP contribution in [0.3, 0.4) is 0 Å². The van der Waals surface area contributed by atoms with E-state index in [1.54, 1.807) is 13.3 Å². The fourth-order valence-corrected chi connectivity index (χ4v) is 4.64. The molecule has 3 aromatic carbocycles. The smallest absolute Gasteiger partial charge is 0.337 e. The highest BCUT2D eigenvalue weighted by Gasteiger charge is 2.32. The minimum Gasteiger partial charge on any atom is -0.493 e. The van der Waals surface area contributed by atoms with Crippen LogP contribution in [0.15, 0.2) is 53.5 Å². The summed E-state index contributed by atoms with van der Waals surface area (Å²) < 4.78 is 12.0. The van der Waals surface area contributed by atoms with E-state index in [1.165, 1.54) is 0 Å². The van der Waals surface area contributed by atoms with E-state index >= 15 is 0 Å². The van der Waals surface area contributed by atoms with Gasteiger partial charge in [-0.15, -0.1) is 0 Å². The third-order valence-electron chi connectivity index (χ3n) is 6.09. The van der Waals surface area contributed by atoms with Crippen LogP contribution in [0.2, 0.25) is 0 Å². The fraction of sp³-hybridized carbons (Fsp3) is 0.310. The van der Waals surface area contributed by atoms with Crippen LogP contribution < -0.4 is 10.5 Å². The van der Waals surface area contributed by atoms with Gasteiger partial charge in [0.15, 0.2) is 6.10 Å². The van der Waals surface area contributed by atoms with E-state index in [-0.39, 0.29) is 0 Å². The normalized spacial score (nSPS) is 15.9. The molecule has 0 saturated heterocycles. The Labute approximate surface area is 206 Å². The second-order valence-corrected chi connectivity index (χ2v) is 9.78. The number of nitrogen functional groups attached to an aromatic ring is 1. The lowest BCUT2D eigenvalue weighted by Gasteiger charge is -2.29. The zero-order valence-electron chi connectivity index (χ0n) is 20.9. The average molecular weight is 473 g/mol. The maximum absolute atomic E-state index is 12.5. The van der Waals surface area contributed by atoms with Crippen molar-refractivity contribution in [3.8, 4) is 16.9 Å². The molecule has 0 unspecified atom stereocenters. The third kappa shape index (κ3) is 4.93. The lowest BCUT2D eigenvalue weighted by atomic mass is 9.85. The van der Waals surface area contributed by atoms with Crippen molar-refractivity contribution in [2.24, 2.45) is 4.99 Å². The van der Waals surface area contributed by atoms with Crippen molar-refractivity contribution in [3.05, 3.63) is 65.2 Å². The Kier molecular flexibility index (Phi) is 6.68. The quantitative estimate of drug-likeness (QED) is 0.340. The molecule has 0 radical (unpaired) electrons. The van der Waals surface area contributed by atoms with Gasteiger partial charge in [0.2, 0.25) is 0 Å². The number of carboxylic acid groups (broad SMARTS) is 1. The van der Waals surface area contributed by atoms with E-state index in [9.17, 15) is 9.90 Å². The molecule has 1 aliphatic rings. The number of anilines is 1. The number of nitrogens with two attached hydrogens (primary N) is 1. The molecule has 6 nitrogen and oxygen atoms in total. The summed E-state index contributed by atoms with van der Waals surface area (Å²) in [6.07, 6.45) is 3.40. The summed E-state index contributed by atoms with van der Waals surface area (Å²) in [5, 5.41) is 12.0. The van der Waals surface area contributed by atoms with Gasteiger partial charge < -0.3 is 20.3 Å². The number of benzene rings is 3. The predicted molar refractivity (Wildman–Crippen MR) is 142 cm³/mol. The van der Waals surface area contributed by atoms with Gasteiger partial charge in [-0.2, -0.15) is 0 Å². The molecule has 0 spiro atoms. The van der Waals surface area contributed by atoms with E-state index in [1.807, 2.05) is 70.2 Å². The number of aryl methyl sites for hydroxylation is 1. The Bertz CT molecular complexity index is 1350. The monoisotopic (exact) mass is 472 g/mol. The molecule has 1 aliphatic heterocycles. The summed E-state index contributed by atoms with van der Waals surface area (Å²) >= 11 is 0. The first-order valence-corrected chi connectivity index (χ1v) is 11.7. The second-order valence-electron chi connectivity index (χ2n) is 9.78. The summed E-state index contributed by atoms with van der Waals surface area (Å²) in [6.45, 7) is 8.10. The average Bonchev–Trinajstić information content (AvgIpc) is 2.80. The van der Waals surface area contributed by atoms with Crippen LogP contribution in [0.4, 0.5) is 5.69 Å². The molecule has 0 aliphatic carbocycles. The summed E-state index contributed by atoms with van der Waals surface area (Å²) in [6, 6.07) is 13.7. The number of nitrogens with zero attached hydrogens (tertiary/aromatic N) is 1. The molecule has 3 aromatic rings. The molecule has 0 fully saturated rings. The van der Waals surface area contributed by atoms with Gasteiger partial charge >= 0.3 is 5.97 Å². The van der Waals surface area contributed by atoms with Gasteiger partial charge in [-0.25, -0.2) is 4.79 Å². The Morgan fingerprint density at radius 1 is 1.20 bits per heavy atom. The lowest BCUT2D eigenvalue weighted by molar-refractivity contribution is -0.160. The standard InChI is InChI=1S/C29H32N2O4/c1-17-15-22-20(7-6-8-23(22)30)26(25(17)27(28(32)33)35-29(2,3)4)19-9-10-24-21(16-19)18(11-13-31-5)12-14-34-24/h6-11,13,15-16,27H,12,14,30H2,1-5H3,(H,32,33)/b18-11-,31-13-/t27-/m0/s1. The number of aliphatic imine (C=N–C) groups is 1. The summed E-state index contributed by atoms with van der Waals surface area (Å²) in [5.74, 6) is -0.233. The van der Waals surface area contributed by atoms with Crippen LogP contribution in [-0.4, -0.2) is 36.5 Å². The topological polar surface area (TPSA) is 94.1 Å². The van der Waals surface area contributed by atoms with Gasteiger partial charge in [0.1, 0.15) is 5.75 Å². The largest absolute Gasteiger partial charge is 0.493 e. The zero-order chi connectivity index (χ0) is 25.3. The summed E-state index contributed by atoms with van der Waals surface area (Å²) in [4.78, 5) is 16.6. The van der Waals surface area contributed by atoms with Crippen molar-refractivity contribution in [3.63, 3.8) is 0 Å². The number of rotatable bonds is 5. The number of hydrogen-bond acceptors (Lipinski definition) is 5. The SMILES string of the molecule is C/N=C\C=C1\CCOc2ccc(-c3c([C@H](OC(C)(C)C)C(=O)O)c(C)cc4c(N)cccc34)cc21. The maximum atomic E-state index is 12.5. The minimum absolute atomic E-state index is 0.603. The number of ether oxygens (including phenoxy) is 2. The molecule has 1 heterocycles. The van der Waals surface area contributed by atoms with Crippen LogP contribution in [-0.2, 0) is 9.53 Å². The molecular weight excluding hydrogens is 440 g/mol. The van der Waals surface area contributed by atoms with Gasteiger partial charge in [0.25, 0.3) is 0 Å². The number of hydrogen-bond donors (Lipinski definition) is 2. The van der Waals surface area contributed by atoms with E-state index in [0.717, 1.165) is 50.8 Å². The van der Waals surface area contributed by atoms with Gasteiger partial charge in [-0.1, -0.05) is 18.2 Å². The molecule has 0 bridgehead atoms. The van der Waals surface area contributed by atoms with Crippen LogP contribution in [0.1, 0.15) is 50.0 Å². The Morgan fingerprint density at radius 2 is 1.97 bits per heavy atom. The number of carbonyl (C=O) groups is 1. The van der Waals surface area contributed by atoms with Crippen molar-refractivity contribution in [2.75, 3.05) is 19.4 Å². The predicted octanol–water partition coefficient (Wildman–Crippen LogP) is 6.20. The Hall–Kier alpha value is -3.64. The number of fused-ring (bicyclic) bond motifs is 2. The van der Waals surface area contributed by atoms with Crippen LogP contribution in [0, 0.1) is 6.92 Å². The van der Waals surface area contributed by atoms with Crippen LogP contribution >= 0.6 is 0 Å². The maximum Gasteiger partial charge on any atom is 0.337 e. The van der Waals surface area contributed by atoms with Gasteiger partial charge in [0.05, 0.1) is 12.2 Å². The van der Waals surface area contributed by atoms with Crippen molar-refractivity contribution in [1.29, 1.82) is 0 Å². The van der Waals surface area contributed by atoms with Crippen LogP contribution in [0.25, 0.3) is 27.5 Å². The van der Waals surface area contributed by atoms with Crippen molar-refractivity contribution < 1.29 is 19.4 Å². The zero-order valence-corrected chi connectivity index (χ0v) is 20.9. The van der Waals surface area contributed by atoms with E-state index < -0.39 is 17.7 Å². The van der Waals surface area contributed by atoms with Crippen molar-refractivity contribution in [1.82, 2.24) is 0 Å².